The van der Waals surface area contributed by atoms with Crippen LogP contribution >= 0.6 is 0 Å². The summed E-state index contributed by atoms with van der Waals surface area (Å²) in [4.78, 5) is 0. The Hall–Kier alpha value is 0.434. The normalized spacial score (nSPS) is 12.4. The summed E-state index contributed by atoms with van der Waals surface area (Å²) in [7, 11) is -2.37. The second kappa shape index (κ2) is 29.5. The fourth-order valence-corrected chi connectivity index (χ4v) is 20.8. The van der Waals surface area contributed by atoms with Crippen LogP contribution < -0.4 is 0 Å². The van der Waals surface area contributed by atoms with Crippen molar-refractivity contribution in [1.82, 2.24) is 0 Å². The highest BCUT2D eigenvalue weighted by atomic mass is 28.3. The van der Waals surface area contributed by atoms with Gasteiger partial charge in [0.25, 0.3) is 0 Å². The third kappa shape index (κ3) is 22.0. The molecule has 0 rings (SSSR count). The van der Waals surface area contributed by atoms with Gasteiger partial charge in [-0.1, -0.05) is 244 Å². The van der Waals surface area contributed by atoms with E-state index in [-0.39, 0.29) is 0 Å². The van der Waals surface area contributed by atoms with Crippen molar-refractivity contribution in [2.45, 2.75) is 244 Å². The molecular weight excluding hydrogens is 513 g/mol. The molecule has 0 aliphatic rings. The Bertz CT molecular complexity index is 381. The summed E-state index contributed by atoms with van der Waals surface area (Å²) in [6.45, 7) is 14.4. The molecule has 0 atom stereocenters. The van der Waals surface area contributed by atoms with E-state index in [1.54, 1.807) is 86.9 Å². The number of unbranched alkanes of at least 4 members (excludes halogenated alkanes) is 18. The molecule has 0 aromatic rings. The van der Waals surface area contributed by atoms with Crippen LogP contribution in [0, 0.1) is 0 Å². The molecule has 0 aliphatic heterocycles. The quantitative estimate of drug-likeness (QED) is 0.0523. The molecular formula is C38H82Si2. The van der Waals surface area contributed by atoms with Gasteiger partial charge in [-0.25, -0.2) is 0 Å². The van der Waals surface area contributed by atoms with Gasteiger partial charge in [0.05, 0.1) is 16.1 Å². The van der Waals surface area contributed by atoms with Crippen molar-refractivity contribution in [2.75, 3.05) is 0 Å². The molecule has 0 aromatic heterocycles. The van der Waals surface area contributed by atoms with Gasteiger partial charge in [0.2, 0.25) is 0 Å². The molecule has 0 spiro atoms. The first-order chi connectivity index (χ1) is 19.6. The first-order valence-electron chi connectivity index (χ1n) is 19.6. The van der Waals surface area contributed by atoms with Crippen LogP contribution in [0.1, 0.15) is 196 Å². The monoisotopic (exact) mass is 595 g/mol. The molecule has 0 amide bonds. The zero-order valence-corrected chi connectivity index (χ0v) is 31.6. The summed E-state index contributed by atoms with van der Waals surface area (Å²) in [6.07, 6.45) is 35.7. The smallest absolute Gasteiger partial charge is 0.0533 e. The Morgan fingerprint density at radius 2 is 0.375 bits per heavy atom. The lowest BCUT2D eigenvalue weighted by Gasteiger charge is -2.39. The molecule has 0 saturated heterocycles. The Morgan fingerprint density at radius 3 is 0.525 bits per heavy atom. The number of hydrogen-bond acceptors (Lipinski definition) is 0. The average molecular weight is 595 g/mol. The lowest BCUT2D eigenvalue weighted by Crippen LogP contribution is -2.40. The Labute approximate surface area is 259 Å². The summed E-state index contributed by atoms with van der Waals surface area (Å²) in [5, 5.41) is 0. The van der Waals surface area contributed by atoms with Crippen molar-refractivity contribution >= 4 is 16.1 Å². The largest absolute Gasteiger partial charge is 0.0654 e. The van der Waals surface area contributed by atoms with Crippen LogP contribution in [0.4, 0.5) is 0 Å². The standard InChI is InChI=1S/C38H82Si2/c1-7-13-19-25-31-39(32-26-20-14-8-2,33-27-21-15-9-3)37-38-40(34-28-22-16-10-4,35-29-23-17-11-5)36-30-24-18-12-6/h7-38H2,1-6H3. The molecule has 0 N–H and O–H groups in total. The van der Waals surface area contributed by atoms with E-state index >= 15 is 0 Å². The highest BCUT2D eigenvalue weighted by Crippen LogP contribution is 2.41. The first kappa shape index (κ1) is 40.4. The third-order valence-electron chi connectivity index (χ3n) is 10.5. The van der Waals surface area contributed by atoms with E-state index in [1.807, 2.05) is 0 Å². The molecule has 0 fully saturated rings. The molecule has 242 valence electrons. The predicted octanol–water partition coefficient (Wildman–Crippen LogP) is 15.4. The van der Waals surface area contributed by atoms with Crippen molar-refractivity contribution in [1.29, 1.82) is 0 Å². The summed E-state index contributed by atoms with van der Waals surface area (Å²) in [6, 6.07) is 13.6. The van der Waals surface area contributed by atoms with Gasteiger partial charge in [-0.3, -0.25) is 0 Å². The number of rotatable bonds is 33. The van der Waals surface area contributed by atoms with Gasteiger partial charge in [0.15, 0.2) is 0 Å². The third-order valence-corrected chi connectivity index (χ3v) is 22.2. The average Bonchev–Trinajstić information content (AvgIpc) is 2.97. The first-order valence-corrected chi connectivity index (χ1v) is 25.2. The molecule has 0 unspecified atom stereocenters. The van der Waals surface area contributed by atoms with Gasteiger partial charge >= 0.3 is 0 Å². The highest BCUT2D eigenvalue weighted by molar-refractivity contribution is 6.85. The Morgan fingerprint density at radius 1 is 0.200 bits per heavy atom. The van der Waals surface area contributed by atoms with E-state index in [2.05, 4.69) is 41.5 Å². The SMILES string of the molecule is CCCCCC[Si](CCCCCC)(CCCCCC)CC[Si](CCCCCC)(CCCCCC)CCCCCC. The summed E-state index contributed by atoms with van der Waals surface area (Å²) in [5.74, 6) is 0. The maximum Gasteiger partial charge on any atom is 0.0533 e. The summed E-state index contributed by atoms with van der Waals surface area (Å²) < 4.78 is 0. The van der Waals surface area contributed by atoms with E-state index in [0.29, 0.717) is 0 Å². The molecule has 0 aliphatic carbocycles. The summed E-state index contributed by atoms with van der Waals surface area (Å²) in [5.41, 5.74) is 0. The van der Waals surface area contributed by atoms with E-state index in [0.717, 1.165) is 0 Å². The van der Waals surface area contributed by atoms with E-state index in [9.17, 15) is 0 Å². The fourth-order valence-electron chi connectivity index (χ4n) is 7.59. The Kier molecular flexibility index (Phi) is 29.8. The van der Waals surface area contributed by atoms with E-state index < -0.39 is 16.1 Å². The van der Waals surface area contributed by atoms with Gasteiger partial charge in [0.1, 0.15) is 0 Å². The highest BCUT2D eigenvalue weighted by Gasteiger charge is 2.37. The van der Waals surface area contributed by atoms with Crippen LogP contribution in [0.25, 0.3) is 0 Å². The lowest BCUT2D eigenvalue weighted by molar-refractivity contribution is 0.657. The Balaban J connectivity index is 5.89. The van der Waals surface area contributed by atoms with Crippen LogP contribution in [0.3, 0.4) is 0 Å². The van der Waals surface area contributed by atoms with Crippen LogP contribution in [-0.2, 0) is 0 Å². The molecule has 0 nitrogen and oxygen atoms in total. The lowest BCUT2D eigenvalue weighted by atomic mass is 10.2. The maximum atomic E-state index is 2.40. The molecule has 0 saturated carbocycles. The van der Waals surface area contributed by atoms with Crippen LogP contribution in [0.5, 0.6) is 0 Å². The van der Waals surface area contributed by atoms with E-state index in [4.69, 9.17) is 0 Å². The van der Waals surface area contributed by atoms with Crippen LogP contribution in [0.2, 0.25) is 48.4 Å². The van der Waals surface area contributed by atoms with Crippen LogP contribution in [0.15, 0.2) is 0 Å². The van der Waals surface area contributed by atoms with Crippen molar-refractivity contribution in [3.05, 3.63) is 0 Å². The summed E-state index contributed by atoms with van der Waals surface area (Å²) >= 11 is 0. The zero-order valence-electron chi connectivity index (χ0n) is 29.6. The molecule has 40 heavy (non-hydrogen) atoms. The van der Waals surface area contributed by atoms with Crippen LogP contribution in [-0.4, -0.2) is 16.1 Å². The maximum absolute atomic E-state index is 2.40. The molecule has 0 bridgehead atoms. The van der Waals surface area contributed by atoms with Crippen molar-refractivity contribution < 1.29 is 0 Å². The molecule has 0 aromatic carbocycles. The van der Waals surface area contributed by atoms with Crippen molar-refractivity contribution in [3.8, 4) is 0 Å². The predicted molar refractivity (Wildman–Crippen MR) is 195 cm³/mol. The van der Waals surface area contributed by atoms with Gasteiger partial charge in [0, 0.05) is 0 Å². The zero-order chi connectivity index (χ0) is 29.6. The minimum Gasteiger partial charge on any atom is -0.0654 e. The minimum absolute atomic E-state index is 1.18. The minimum atomic E-state index is -1.18. The fraction of sp³-hybridized carbons (Fsp3) is 1.00. The van der Waals surface area contributed by atoms with Gasteiger partial charge in [-0.15, -0.1) is 0 Å². The van der Waals surface area contributed by atoms with E-state index in [1.165, 1.54) is 116 Å². The number of hydrogen-bond donors (Lipinski definition) is 0. The van der Waals surface area contributed by atoms with Crippen molar-refractivity contribution in [2.24, 2.45) is 0 Å². The second-order valence-electron chi connectivity index (χ2n) is 14.4. The van der Waals surface area contributed by atoms with Crippen molar-refractivity contribution in [3.63, 3.8) is 0 Å². The van der Waals surface area contributed by atoms with Gasteiger partial charge < -0.3 is 0 Å². The molecule has 2 heteroatoms. The van der Waals surface area contributed by atoms with Gasteiger partial charge in [-0.05, 0) is 0 Å². The second-order valence-corrected chi connectivity index (χ2v) is 24.4. The van der Waals surface area contributed by atoms with Gasteiger partial charge in [-0.2, -0.15) is 0 Å². The molecule has 0 radical (unpaired) electrons. The topological polar surface area (TPSA) is 0 Å². The molecule has 0 heterocycles.